The average molecular weight is 433 g/mol. The van der Waals surface area contributed by atoms with Crippen LogP contribution in [0.4, 0.5) is 0 Å². The summed E-state index contributed by atoms with van der Waals surface area (Å²) in [6.45, 7) is 11.7. The van der Waals surface area contributed by atoms with E-state index in [0.29, 0.717) is 12.1 Å². The van der Waals surface area contributed by atoms with E-state index in [0.717, 1.165) is 32.0 Å². The molecule has 5 nitrogen and oxygen atoms in total. The molecule has 23 heavy (non-hydrogen) atoms. The van der Waals surface area contributed by atoms with Crippen molar-refractivity contribution in [2.24, 2.45) is 4.99 Å². The minimum absolute atomic E-state index is 0. The Hall–Kier alpha value is -0.890. The maximum Gasteiger partial charge on any atom is 0.191 e. The number of nitrogens with zero attached hydrogens (tertiary/aromatic N) is 3. The zero-order valence-corrected chi connectivity index (χ0v) is 17.4. The summed E-state index contributed by atoms with van der Waals surface area (Å²) in [5.41, 5.74) is 1.23. The van der Waals surface area contributed by atoms with E-state index in [1.807, 2.05) is 19.3 Å². The molecule has 0 aromatic carbocycles. The molecule has 0 radical (unpaired) electrons. The third kappa shape index (κ3) is 9.10. The first kappa shape index (κ1) is 22.1. The number of nitrogens with one attached hydrogen (secondary N) is 2. The predicted octanol–water partition coefficient (Wildman–Crippen LogP) is 2.53. The molecule has 6 heteroatoms. The zero-order chi connectivity index (χ0) is 16.4. The molecule has 0 bridgehead atoms. The van der Waals surface area contributed by atoms with Gasteiger partial charge in [-0.15, -0.1) is 24.0 Å². The molecule has 0 spiro atoms. The first-order chi connectivity index (χ1) is 10.5. The zero-order valence-electron chi connectivity index (χ0n) is 15.0. The highest BCUT2D eigenvalue weighted by Gasteiger charge is 2.12. The number of guanidine groups is 1. The molecular formula is C17H32IN5. The van der Waals surface area contributed by atoms with Crippen LogP contribution in [0.3, 0.4) is 0 Å². The van der Waals surface area contributed by atoms with Gasteiger partial charge in [0.25, 0.3) is 0 Å². The summed E-state index contributed by atoms with van der Waals surface area (Å²) in [4.78, 5) is 10.9. The molecule has 132 valence electrons. The van der Waals surface area contributed by atoms with Crippen LogP contribution in [-0.4, -0.2) is 54.6 Å². The normalized spacial score (nSPS) is 11.7. The van der Waals surface area contributed by atoms with Crippen molar-refractivity contribution in [1.29, 1.82) is 0 Å². The van der Waals surface area contributed by atoms with E-state index in [1.165, 1.54) is 5.56 Å². The molecule has 1 aromatic heterocycles. The van der Waals surface area contributed by atoms with E-state index in [-0.39, 0.29) is 24.0 Å². The van der Waals surface area contributed by atoms with Gasteiger partial charge in [0.1, 0.15) is 0 Å². The monoisotopic (exact) mass is 433 g/mol. The van der Waals surface area contributed by atoms with E-state index in [2.05, 4.69) is 59.3 Å². The van der Waals surface area contributed by atoms with E-state index in [1.54, 1.807) is 6.20 Å². The molecular weight excluding hydrogens is 401 g/mol. The molecule has 0 saturated heterocycles. The van der Waals surface area contributed by atoms with Crippen LogP contribution in [0.25, 0.3) is 0 Å². The number of hydrogen-bond donors (Lipinski definition) is 2. The van der Waals surface area contributed by atoms with Crippen molar-refractivity contribution < 1.29 is 0 Å². The highest BCUT2D eigenvalue weighted by Crippen LogP contribution is 2.03. The van der Waals surface area contributed by atoms with Crippen molar-refractivity contribution in [2.45, 2.75) is 46.2 Å². The Bertz CT molecular complexity index is 426. The molecule has 0 unspecified atom stereocenters. The fraction of sp³-hybridized carbons (Fsp3) is 0.647. The number of halogens is 1. The van der Waals surface area contributed by atoms with Crippen molar-refractivity contribution in [3.63, 3.8) is 0 Å². The van der Waals surface area contributed by atoms with Gasteiger partial charge in [0.15, 0.2) is 5.96 Å². The summed E-state index contributed by atoms with van der Waals surface area (Å²) in [6, 6.07) is 5.17. The second-order valence-corrected chi connectivity index (χ2v) is 5.96. The Balaban J connectivity index is 0.00000484. The summed E-state index contributed by atoms with van der Waals surface area (Å²) in [7, 11) is 1.81. The van der Waals surface area contributed by atoms with Crippen LogP contribution in [-0.2, 0) is 6.42 Å². The van der Waals surface area contributed by atoms with Gasteiger partial charge in [-0.2, -0.15) is 0 Å². The van der Waals surface area contributed by atoms with Crippen LogP contribution in [0.15, 0.2) is 29.5 Å². The first-order valence-corrected chi connectivity index (χ1v) is 8.13. The molecule has 1 heterocycles. The lowest BCUT2D eigenvalue weighted by Gasteiger charge is -2.30. The molecule has 0 aliphatic heterocycles. The molecule has 1 rings (SSSR count). The molecule has 0 amide bonds. The Morgan fingerprint density at radius 3 is 2.35 bits per heavy atom. The van der Waals surface area contributed by atoms with Crippen molar-refractivity contribution in [1.82, 2.24) is 20.5 Å². The van der Waals surface area contributed by atoms with Crippen LogP contribution in [0, 0.1) is 0 Å². The fourth-order valence-electron chi connectivity index (χ4n) is 2.51. The van der Waals surface area contributed by atoms with Gasteiger partial charge in [-0.25, -0.2) is 0 Å². The molecule has 2 N–H and O–H groups in total. The second kappa shape index (κ2) is 12.5. The van der Waals surface area contributed by atoms with Gasteiger partial charge in [0.2, 0.25) is 0 Å². The molecule has 0 fully saturated rings. The summed E-state index contributed by atoms with van der Waals surface area (Å²) >= 11 is 0. The van der Waals surface area contributed by atoms with E-state index >= 15 is 0 Å². The van der Waals surface area contributed by atoms with Crippen molar-refractivity contribution in [3.8, 4) is 0 Å². The number of aromatic nitrogens is 1. The van der Waals surface area contributed by atoms with Crippen LogP contribution >= 0.6 is 24.0 Å². The summed E-state index contributed by atoms with van der Waals surface area (Å²) in [6.07, 6.45) is 4.65. The van der Waals surface area contributed by atoms with E-state index in [9.17, 15) is 0 Å². The number of aliphatic imine (C=N–C) groups is 1. The Kier molecular flexibility index (Phi) is 12.0. The highest BCUT2D eigenvalue weighted by molar-refractivity contribution is 14.0. The first-order valence-electron chi connectivity index (χ1n) is 8.13. The lowest BCUT2D eigenvalue weighted by Crippen LogP contribution is -2.45. The highest BCUT2D eigenvalue weighted by atomic mass is 127. The standard InChI is InChI=1S/C17H31N5.HI/c1-14(2)22(15(3)4)12-11-21-17(18-5)20-10-8-16-7-6-9-19-13-16;/h6-7,9,13-15H,8,10-12H2,1-5H3,(H2,18,20,21);1H. The topological polar surface area (TPSA) is 52.6 Å². The van der Waals surface area contributed by atoms with Gasteiger partial charge in [-0.05, 0) is 45.7 Å². The SMILES string of the molecule is CN=C(NCCc1cccnc1)NCCN(C(C)C)C(C)C.I. The number of hydrogen-bond acceptors (Lipinski definition) is 3. The van der Waals surface area contributed by atoms with Crippen LogP contribution in [0.2, 0.25) is 0 Å². The van der Waals surface area contributed by atoms with Gasteiger partial charge in [-0.3, -0.25) is 14.9 Å². The molecule has 0 atom stereocenters. The quantitative estimate of drug-likeness (QED) is 0.376. The predicted molar refractivity (Wildman–Crippen MR) is 110 cm³/mol. The van der Waals surface area contributed by atoms with Crippen LogP contribution < -0.4 is 10.6 Å². The largest absolute Gasteiger partial charge is 0.356 e. The third-order valence-electron chi connectivity index (χ3n) is 3.64. The molecule has 0 aliphatic carbocycles. The maximum atomic E-state index is 4.27. The van der Waals surface area contributed by atoms with Crippen molar-refractivity contribution in [2.75, 3.05) is 26.7 Å². The maximum absolute atomic E-state index is 4.27. The number of rotatable bonds is 8. The molecule has 0 aliphatic rings. The molecule has 0 saturated carbocycles. The fourth-order valence-corrected chi connectivity index (χ4v) is 2.51. The van der Waals surface area contributed by atoms with E-state index < -0.39 is 0 Å². The van der Waals surface area contributed by atoms with Crippen molar-refractivity contribution in [3.05, 3.63) is 30.1 Å². The van der Waals surface area contributed by atoms with Gasteiger partial charge in [0.05, 0.1) is 0 Å². The van der Waals surface area contributed by atoms with Gasteiger partial charge < -0.3 is 10.6 Å². The minimum atomic E-state index is 0. The van der Waals surface area contributed by atoms with Crippen LogP contribution in [0.1, 0.15) is 33.3 Å². The Labute approximate surface area is 158 Å². The third-order valence-corrected chi connectivity index (χ3v) is 3.64. The smallest absolute Gasteiger partial charge is 0.191 e. The van der Waals surface area contributed by atoms with Gasteiger partial charge in [-0.1, -0.05) is 6.07 Å². The summed E-state index contributed by atoms with van der Waals surface area (Å²) < 4.78 is 0. The lowest BCUT2D eigenvalue weighted by molar-refractivity contribution is 0.178. The Morgan fingerprint density at radius 2 is 1.83 bits per heavy atom. The summed E-state index contributed by atoms with van der Waals surface area (Å²) in [5, 5.41) is 6.72. The van der Waals surface area contributed by atoms with Crippen molar-refractivity contribution >= 4 is 29.9 Å². The summed E-state index contributed by atoms with van der Waals surface area (Å²) in [5.74, 6) is 0.858. The number of pyridine rings is 1. The Morgan fingerprint density at radius 1 is 1.17 bits per heavy atom. The van der Waals surface area contributed by atoms with E-state index in [4.69, 9.17) is 0 Å². The van der Waals surface area contributed by atoms with Gasteiger partial charge >= 0.3 is 0 Å². The van der Waals surface area contributed by atoms with Gasteiger partial charge in [0, 0.05) is 51.2 Å². The second-order valence-electron chi connectivity index (χ2n) is 5.96. The molecule has 1 aromatic rings. The van der Waals surface area contributed by atoms with Crippen LogP contribution in [0.5, 0.6) is 0 Å². The lowest BCUT2D eigenvalue weighted by atomic mass is 10.2. The average Bonchev–Trinajstić information content (AvgIpc) is 2.49. The minimum Gasteiger partial charge on any atom is -0.356 e.